The molecule has 128 valence electrons. The zero-order valence-electron chi connectivity index (χ0n) is 13.3. The number of hydrogen-bond donors (Lipinski definition) is 0. The minimum Gasteiger partial charge on any atom is -0.372 e. The molecule has 0 bridgehead atoms. The van der Waals surface area contributed by atoms with Crippen molar-refractivity contribution in [1.82, 2.24) is 9.21 Å². The quantitative estimate of drug-likeness (QED) is 0.822. The second kappa shape index (κ2) is 6.51. The molecule has 1 aromatic heterocycles. The number of hydrogen-bond acceptors (Lipinski definition) is 5. The maximum absolute atomic E-state index is 12.9. The van der Waals surface area contributed by atoms with Crippen LogP contribution in [0.4, 0.5) is 0 Å². The van der Waals surface area contributed by atoms with Gasteiger partial charge in [-0.25, -0.2) is 8.42 Å². The van der Waals surface area contributed by atoms with Crippen LogP contribution >= 0.6 is 11.3 Å². The van der Waals surface area contributed by atoms with Crippen molar-refractivity contribution >= 4 is 27.3 Å². The van der Waals surface area contributed by atoms with Crippen LogP contribution in [0.2, 0.25) is 0 Å². The summed E-state index contributed by atoms with van der Waals surface area (Å²) >= 11 is 1.19. The Morgan fingerprint density at radius 1 is 1.30 bits per heavy atom. The predicted octanol–water partition coefficient (Wildman–Crippen LogP) is 1.54. The molecule has 0 aliphatic carbocycles. The number of thiophene rings is 1. The zero-order valence-corrected chi connectivity index (χ0v) is 15.0. The number of carbonyl (C=O) groups excluding carboxylic acids is 1. The van der Waals surface area contributed by atoms with Gasteiger partial charge in [0, 0.05) is 19.6 Å². The van der Waals surface area contributed by atoms with Gasteiger partial charge in [0.25, 0.3) is 10.0 Å². The van der Waals surface area contributed by atoms with Gasteiger partial charge >= 0.3 is 0 Å². The van der Waals surface area contributed by atoms with E-state index in [1.807, 2.05) is 13.8 Å². The van der Waals surface area contributed by atoms with Crippen molar-refractivity contribution in [2.75, 3.05) is 19.6 Å². The number of rotatable bonds is 3. The SMILES string of the molecule is CC1CN(C(=O)C2CCCN2S(=O)(=O)c2cccs2)CC(C)O1. The maximum atomic E-state index is 12.9. The van der Waals surface area contributed by atoms with Crippen LogP contribution in [-0.4, -0.2) is 61.4 Å². The predicted molar refractivity (Wildman–Crippen MR) is 87.8 cm³/mol. The van der Waals surface area contributed by atoms with E-state index in [0.717, 1.165) is 6.42 Å². The van der Waals surface area contributed by atoms with E-state index in [1.165, 1.54) is 15.6 Å². The fraction of sp³-hybridized carbons (Fsp3) is 0.667. The summed E-state index contributed by atoms with van der Waals surface area (Å²) in [7, 11) is -3.58. The van der Waals surface area contributed by atoms with Gasteiger partial charge in [-0.05, 0) is 38.1 Å². The van der Waals surface area contributed by atoms with Gasteiger partial charge in [-0.3, -0.25) is 4.79 Å². The van der Waals surface area contributed by atoms with Crippen molar-refractivity contribution in [2.24, 2.45) is 0 Å². The number of amides is 1. The Morgan fingerprint density at radius 3 is 2.61 bits per heavy atom. The van der Waals surface area contributed by atoms with Crippen molar-refractivity contribution in [3.8, 4) is 0 Å². The summed E-state index contributed by atoms with van der Waals surface area (Å²) in [4.78, 5) is 14.6. The third-order valence-electron chi connectivity index (χ3n) is 4.28. The molecule has 0 saturated carbocycles. The van der Waals surface area contributed by atoms with E-state index in [4.69, 9.17) is 4.74 Å². The van der Waals surface area contributed by atoms with E-state index in [1.54, 1.807) is 22.4 Å². The van der Waals surface area contributed by atoms with Crippen LogP contribution < -0.4 is 0 Å². The highest BCUT2D eigenvalue weighted by Crippen LogP contribution is 2.30. The highest BCUT2D eigenvalue weighted by molar-refractivity contribution is 7.91. The van der Waals surface area contributed by atoms with Gasteiger partial charge in [0.15, 0.2) is 0 Å². The molecule has 1 amide bonds. The molecule has 8 heteroatoms. The first-order chi connectivity index (χ1) is 10.9. The van der Waals surface area contributed by atoms with Crippen LogP contribution in [0.1, 0.15) is 26.7 Å². The Morgan fingerprint density at radius 2 is 2.00 bits per heavy atom. The number of carbonyl (C=O) groups is 1. The fourth-order valence-corrected chi connectivity index (χ4v) is 6.14. The summed E-state index contributed by atoms with van der Waals surface area (Å²) in [5.74, 6) is -0.0929. The molecule has 3 rings (SSSR count). The van der Waals surface area contributed by atoms with Gasteiger partial charge < -0.3 is 9.64 Å². The lowest BCUT2D eigenvalue weighted by Crippen LogP contribution is -2.54. The molecule has 2 aliphatic rings. The monoisotopic (exact) mass is 358 g/mol. The normalized spacial score (nSPS) is 29.8. The summed E-state index contributed by atoms with van der Waals surface area (Å²) in [5, 5.41) is 1.74. The lowest BCUT2D eigenvalue weighted by Gasteiger charge is -2.37. The van der Waals surface area contributed by atoms with E-state index in [0.29, 0.717) is 30.3 Å². The highest BCUT2D eigenvalue weighted by atomic mass is 32.2. The Bertz CT molecular complexity index is 649. The highest BCUT2D eigenvalue weighted by Gasteiger charge is 2.42. The number of ether oxygens (including phenoxy) is 1. The largest absolute Gasteiger partial charge is 0.372 e. The van der Waals surface area contributed by atoms with Gasteiger partial charge in [-0.2, -0.15) is 4.31 Å². The van der Waals surface area contributed by atoms with Crippen LogP contribution in [0.5, 0.6) is 0 Å². The first kappa shape index (κ1) is 16.9. The fourth-order valence-electron chi connectivity index (χ4n) is 3.37. The van der Waals surface area contributed by atoms with Gasteiger partial charge in [0.2, 0.25) is 5.91 Å². The lowest BCUT2D eigenvalue weighted by atomic mass is 10.1. The van der Waals surface area contributed by atoms with Crippen LogP contribution in [0.15, 0.2) is 21.7 Å². The molecule has 3 heterocycles. The summed E-state index contributed by atoms with van der Waals surface area (Å²) in [6.07, 6.45) is 1.26. The van der Waals surface area contributed by atoms with Crippen LogP contribution in [0.3, 0.4) is 0 Å². The van der Waals surface area contributed by atoms with E-state index >= 15 is 0 Å². The molecule has 2 fully saturated rings. The van der Waals surface area contributed by atoms with Gasteiger partial charge in [-0.1, -0.05) is 6.07 Å². The summed E-state index contributed by atoms with van der Waals surface area (Å²) in [5.41, 5.74) is 0. The van der Waals surface area contributed by atoms with E-state index in [9.17, 15) is 13.2 Å². The molecule has 3 atom stereocenters. The first-order valence-corrected chi connectivity index (χ1v) is 10.2. The van der Waals surface area contributed by atoms with Crippen molar-refractivity contribution in [2.45, 2.75) is 49.1 Å². The van der Waals surface area contributed by atoms with E-state index in [2.05, 4.69) is 0 Å². The molecule has 2 aliphatic heterocycles. The Labute approximate surface area is 141 Å². The maximum Gasteiger partial charge on any atom is 0.253 e. The first-order valence-electron chi connectivity index (χ1n) is 7.89. The van der Waals surface area contributed by atoms with E-state index in [-0.39, 0.29) is 18.1 Å². The van der Waals surface area contributed by atoms with Gasteiger partial charge in [0.1, 0.15) is 10.3 Å². The van der Waals surface area contributed by atoms with E-state index < -0.39 is 16.1 Å². The Balaban J connectivity index is 1.80. The molecule has 2 saturated heterocycles. The third kappa shape index (κ3) is 3.31. The average Bonchev–Trinajstić information content (AvgIpc) is 3.17. The minimum atomic E-state index is -3.58. The Kier molecular flexibility index (Phi) is 4.78. The second-order valence-corrected chi connectivity index (χ2v) is 9.27. The molecule has 0 spiro atoms. The minimum absolute atomic E-state index is 0.0218. The number of morpholine rings is 1. The molecule has 0 aromatic carbocycles. The molecular formula is C15H22N2O4S2. The second-order valence-electron chi connectivity index (χ2n) is 6.21. The van der Waals surface area contributed by atoms with Crippen molar-refractivity contribution < 1.29 is 17.9 Å². The third-order valence-corrected chi connectivity index (χ3v) is 7.56. The zero-order chi connectivity index (χ0) is 16.6. The Hall–Kier alpha value is -0.960. The van der Waals surface area contributed by atoms with Gasteiger partial charge in [0.05, 0.1) is 12.2 Å². The smallest absolute Gasteiger partial charge is 0.253 e. The molecule has 6 nitrogen and oxygen atoms in total. The number of nitrogens with zero attached hydrogens (tertiary/aromatic N) is 2. The van der Waals surface area contributed by atoms with Crippen molar-refractivity contribution in [1.29, 1.82) is 0 Å². The molecule has 23 heavy (non-hydrogen) atoms. The molecular weight excluding hydrogens is 336 g/mol. The standard InChI is InChI=1S/C15H22N2O4S2/c1-11-9-16(10-12(2)21-11)15(18)13-5-3-7-17(13)23(19,20)14-6-4-8-22-14/h4,6,8,11-13H,3,5,7,9-10H2,1-2H3. The molecule has 0 radical (unpaired) electrons. The summed E-state index contributed by atoms with van der Waals surface area (Å²) in [6, 6.07) is 2.73. The molecule has 1 aromatic rings. The number of sulfonamides is 1. The summed E-state index contributed by atoms with van der Waals surface area (Å²) in [6.45, 7) is 5.32. The lowest BCUT2D eigenvalue weighted by molar-refractivity contribution is -0.146. The van der Waals surface area contributed by atoms with Gasteiger partial charge in [-0.15, -0.1) is 11.3 Å². The topological polar surface area (TPSA) is 66.9 Å². The summed E-state index contributed by atoms with van der Waals surface area (Å²) < 4.78 is 32.9. The average molecular weight is 358 g/mol. The van der Waals surface area contributed by atoms with Crippen LogP contribution in [0, 0.1) is 0 Å². The van der Waals surface area contributed by atoms with Crippen molar-refractivity contribution in [3.05, 3.63) is 17.5 Å². The molecule has 3 unspecified atom stereocenters. The molecule has 0 N–H and O–H groups in total. The van der Waals surface area contributed by atoms with Crippen molar-refractivity contribution in [3.63, 3.8) is 0 Å². The van der Waals surface area contributed by atoms with Crippen LogP contribution in [0.25, 0.3) is 0 Å². The van der Waals surface area contributed by atoms with Crippen LogP contribution in [-0.2, 0) is 19.6 Å².